The van der Waals surface area contributed by atoms with E-state index in [0.717, 1.165) is 6.42 Å². The van der Waals surface area contributed by atoms with Gasteiger partial charge in [-0.05, 0) is 20.3 Å². The van der Waals surface area contributed by atoms with Gasteiger partial charge in [0, 0.05) is 19.1 Å². The largest absolute Gasteiger partial charge is 0.464 e. The van der Waals surface area contributed by atoms with Crippen LogP contribution in [-0.2, 0) is 14.3 Å². The second kappa shape index (κ2) is 5.53. The third kappa shape index (κ3) is 3.12. The lowest BCUT2D eigenvalue weighted by atomic mass is 9.93. The average Bonchev–Trinajstić information content (AvgIpc) is 2.04. The van der Waals surface area contributed by atoms with E-state index in [9.17, 15) is 4.79 Å². The second-order valence-electron chi connectivity index (χ2n) is 3.55. The van der Waals surface area contributed by atoms with Crippen LogP contribution in [0.3, 0.4) is 0 Å². The summed E-state index contributed by atoms with van der Waals surface area (Å²) in [4.78, 5) is 11.5. The number of rotatable bonds is 2. The van der Waals surface area contributed by atoms with E-state index in [1.807, 2.05) is 0 Å². The molecule has 2 unspecified atom stereocenters. The molecule has 0 radical (unpaired) electrons. The lowest BCUT2D eigenvalue weighted by Crippen LogP contribution is -2.49. The Hall–Kier alpha value is -0.320. The van der Waals surface area contributed by atoms with Crippen molar-refractivity contribution in [3.05, 3.63) is 0 Å². The molecule has 1 saturated heterocycles. The Kier molecular flexibility index (Phi) is 5.41. The molecule has 0 aromatic heterocycles. The van der Waals surface area contributed by atoms with E-state index < -0.39 is 5.60 Å². The summed E-state index contributed by atoms with van der Waals surface area (Å²) in [6, 6.07) is 0.0446. The second-order valence-corrected chi connectivity index (χ2v) is 3.55. The van der Waals surface area contributed by atoms with Crippen molar-refractivity contribution < 1.29 is 14.3 Å². The third-order valence-electron chi connectivity index (χ3n) is 2.27. The van der Waals surface area contributed by atoms with Gasteiger partial charge in [-0.15, -0.1) is 12.4 Å². The molecule has 84 valence electrons. The highest BCUT2D eigenvalue weighted by molar-refractivity contribution is 5.85. The highest BCUT2D eigenvalue weighted by atomic mass is 35.5. The molecule has 0 aliphatic carbocycles. The van der Waals surface area contributed by atoms with E-state index in [4.69, 9.17) is 15.2 Å². The van der Waals surface area contributed by atoms with Gasteiger partial charge in [0.2, 0.25) is 0 Å². The summed E-state index contributed by atoms with van der Waals surface area (Å²) in [6.45, 7) is 4.44. The predicted molar refractivity (Wildman–Crippen MR) is 55.4 cm³/mol. The number of carbonyl (C=O) groups excluding carboxylic acids is 1. The summed E-state index contributed by atoms with van der Waals surface area (Å²) >= 11 is 0. The van der Waals surface area contributed by atoms with Crippen molar-refractivity contribution in [2.75, 3.05) is 13.2 Å². The normalized spacial score (nSPS) is 31.8. The van der Waals surface area contributed by atoms with Gasteiger partial charge in [0.15, 0.2) is 5.60 Å². The Bertz CT molecular complexity index is 200. The van der Waals surface area contributed by atoms with Crippen LogP contribution in [0.2, 0.25) is 0 Å². The van der Waals surface area contributed by atoms with Crippen LogP contribution in [0.25, 0.3) is 0 Å². The van der Waals surface area contributed by atoms with Crippen LogP contribution in [0.5, 0.6) is 0 Å². The third-order valence-corrected chi connectivity index (χ3v) is 2.27. The maximum absolute atomic E-state index is 11.5. The number of ether oxygens (including phenoxy) is 2. The Morgan fingerprint density at radius 2 is 2.36 bits per heavy atom. The Labute approximate surface area is 90.5 Å². The monoisotopic (exact) mass is 223 g/mol. The zero-order chi connectivity index (χ0) is 9.90. The molecule has 2 atom stereocenters. The van der Waals surface area contributed by atoms with Crippen LogP contribution in [0.15, 0.2) is 0 Å². The number of hydrogen-bond acceptors (Lipinski definition) is 4. The number of esters is 1. The maximum Gasteiger partial charge on any atom is 0.338 e. The van der Waals surface area contributed by atoms with Crippen molar-refractivity contribution >= 4 is 18.4 Å². The molecular formula is C9H18ClNO3. The van der Waals surface area contributed by atoms with Crippen LogP contribution in [0.1, 0.15) is 26.7 Å². The van der Waals surface area contributed by atoms with Crippen molar-refractivity contribution in [3.63, 3.8) is 0 Å². The number of hydrogen-bond donors (Lipinski definition) is 1. The molecule has 0 amide bonds. The maximum atomic E-state index is 11.5. The van der Waals surface area contributed by atoms with Crippen LogP contribution in [0, 0.1) is 0 Å². The zero-order valence-electron chi connectivity index (χ0n) is 8.62. The average molecular weight is 224 g/mol. The number of halogens is 1. The first-order chi connectivity index (χ1) is 6.08. The van der Waals surface area contributed by atoms with E-state index in [-0.39, 0.29) is 24.4 Å². The fourth-order valence-corrected chi connectivity index (χ4v) is 1.52. The van der Waals surface area contributed by atoms with E-state index in [1.165, 1.54) is 0 Å². The molecule has 1 aliphatic rings. The van der Waals surface area contributed by atoms with Gasteiger partial charge in [0.25, 0.3) is 0 Å². The van der Waals surface area contributed by atoms with E-state index >= 15 is 0 Å². The van der Waals surface area contributed by atoms with E-state index in [2.05, 4.69) is 0 Å². The molecule has 1 aliphatic heterocycles. The minimum absolute atomic E-state index is 0. The lowest BCUT2D eigenvalue weighted by Gasteiger charge is -2.34. The summed E-state index contributed by atoms with van der Waals surface area (Å²) in [6.07, 6.45) is 1.36. The van der Waals surface area contributed by atoms with Crippen molar-refractivity contribution in [1.29, 1.82) is 0 Å². The summed E-state index contributed by atoms with van der Waals surface area (Å²) in [5.41, 5.74) is 4.93. The number of nitrogens with two attached hydrogens (primary N) is 1. The fourth-order valence-electron chi connectivity index (χ4n) is 1.52. The molecule has 1 heterocycles. The molecular weight excluding hydrogens is 206 g/mol. The molecule has 0 aromatic carbocycles. The molecule has 0 bridgehead atoms. The van der Waals surface area contributed by atoms with Crippen LogP contribution < -0.4 is 5.73 Å². The zero-order valence-corrected chi connectivity index (χ0v) is 9.43. The van der Waals surface area contributed by atoms with Gasteiger partial charge in [0.1, 0.15) is 0 Å². The van der Waals surface area contributed by atoms with Gasteiger partial charge in [-0.25, -0.2) is 4.79 Å². The van der Waals surface area contributed by atoms with Gasteiger partial charge >= 0.3 is 5.97 Å². The van der Waals surface area contributed by atoms with Crippen LogP contribution in [0.4, 0.5) is 0 Å². The number of carbonyl (C=O) groups is 1. The van der Waals surface area contributed by atoms with E-state index in [0.29, 0.717) is 19.6 Å². The summed E-state index contributed by atoms with van der Waals surface area (Å²) in [5, 5.41) is 0. The molecule has 2 N–H and O–H groups in total. The lowest BCUT2D eigenvalue weighted by molar-refractivity contribution is -0.176. The van der Waals surface area contributed by atoms with Gasteiger partial charge in [0.05, 0.1) is 6.61 Å². The first kappa shape index (κ1) is 13.7. The molecule has 0 saturated carbocycles. The summed E-state index contributed by atoms with van der Waals surface area (Å²) < 4.78 is 10.3. The molecule has 1 fully saturated rings. The standard InChI is InChI=1S/C9H17NO3.ClH/c1-3-12-8(11)9(2)6-7(10)4-5-13-9;/h7H,3-6,10H2,1-2H3;1H. The van der Waals surface area contributed by atoms with Gasteiger partial charge in [-0.3, -0.25) is 0 Å². The minimum atomic E-state index is -0.826. The SMILES string of the molecule is CCOC(=O)C1(C)CC(N)CCO1.Cl. The van der Waals surface area contributed by atoms with Crippen LogP contribution in [-0.4, -0.2) is 30.8 Å². The molecule has 14 heavy (non-hydrogen) atoms. The Morgan fingerprint density at radius 3 is 2.86 bits per heavy atom. The molecule has 4 nitrogen and oxygen atoms in total. The molecule has 0 aromatic rings. The quantitative estimate of drug-likeness (QED) is 0.706. The minimum Gasteiger partial charge on any atom is -0.464 e. The molecule has 0 spiro atoms. The van der Waals surface area contributed by atoms with Crippen molar-refractivity contribution in [1.82, 2.24) is 0 Å². The van der Waals surface area contributed by atoms with Crippen LogP contribution >= 0.6 is 12.4 Å². The Morgan fingerprint density at radius 1 is 1.71 bits per heavy atom. The fraction of sp³-hybridized carbons (Fsp3) is 0.889. The smallest absolute Gasteiger partial charge is 0.338 e. The molecule has 5 heteroatoms. The van der Waals surface area contributed by atoms with E-state index in [1.54, 1.807) is 13.8 Å². The topological polar surface area (TPSA) is 61.5 Å². The highest BCUT2D eigenvalue weighted by Crippen LogP contribution is 2.25. The molecule has 1 rings (SSSR count). The predicted octanol–water partition coefficient (Wildman–Crippen LogP) is 0.868. The van der Waals surface area contributed by atoms with Crippen molar-refractivity contribution in [3.8, 4) is 0 Å². The summed E-state index contributed by atoms with van der Waals surface area (Å²) in [7, 11) is 0. The van der Waals surface area contributed by atoms with Gasteiger partial charge < -0.3 is 15.2 Å². The van der Waals surface area contributed by atoms with Gasteiger partial charge in [-0.1, -0.05) is 0 Å². The highest BCUT2D eigenvalue weighted by Gasteiger charge is 2.40. The van der Waals surface area contributed by atoms with Crippen molar-refractivity contribution in [2.24, 2.45) is 5.73 Å². The Balaban J connectivity index is 0.00000169. The summed E-state index contributed by atoms with van der Waals surface area (Å²) in [5.74, 6) is -0.301. The first-order valence-electron chi connectivity index (χ1n) is 4.65. The van der Waals surface area contributed by atoms with Crippen molar-refractivity contribution in [2.45, 2.75) is 38.3 Å². The first-order valence-corrected chi connectivity index (χ1v) is 4.65. The van der Waals surface area contributed by atoms with Gasteiger partial charge in [-0.2, -0.15) is 0 Å².